The lowest BCUT2D eigenvalue weighted by Crippen LogP contribution is -2.57. The lowest BCUT2D eigenvalue weighted by atomic mass is 9.94. The van der Waals surface area contributed by atoms with Gasteiger partial charge in [0.25, 0.3) is 0 Å². The van der Waals surface area contributed by atoms with Gasteiger partial charge in [0, 0.05) is 45.6 Å². The second-order valence-electron chi connectivity index (χ2n) is 12.4. The molecule has 0 bridgehead atoms. The molecule has 3 saturated heterocycles. The summed E-state index contributed by atoms with van der Waals surface area (Å²) in [7, 11) is 0. The minimum atomic E-state index is -1.51. The maximum atomic E-state index is 13.3. The molecule has 3 rings (SSSR count). The van der Waals surface area contributed by atoms with Gasteiger partial charge in [-0.15, -0.1) is 0 Å². The van der Waals surface area contributed by atoms with E-state index in [4.69, 9.17) is 18.9 Å². The van der Waals surface area contributed by atoms with Crippen LogP contribution in [0.2, 0.25) is 0 Å². The van der Waals surface area contributed by atoms with E-state index in [1.54, 1.807) is 0 Å². The number of amides is 4. The van der Waals surface area contributed by atoms with Crippen LogP contribution in [0.5, 0.6) is 0 Å². The van der Waals surface area contributed by atoms with Gasteiger partial charge in [0.1, 0.15) is 36.6 Å². The standard InChI is InChI=1S/C30H52N4O14/c1-4-31-19(35)7-5-6-8-20(36)34-13-17(27(43)32-9-11-45-29-25(41)23(39)21(37)15(2)47-29)18(14-34)28(44)33-10-12-46-30-26(42)24(40)22(38)16(3)48-30/h15-18,21-26,29-30,37-42H,4-14H2,1-3H3,(H,31,35)(H,32,43)(H,33,44)/t15-,16-,17-,18?,21+,22+,23+,24+,25-,26-,29+,30+/m0/s1. The number of nitrogens with one attached hydrogen (secondary N) is 3. The van der Waals surface area contributed by atoms with Crippen molar-refractivity contribution in [3.05, 3.63) is 0 Å². The Morgan fingerprint density at radius 1 is 0.667 bits per heavy atom. The van der Waals surface area contributed by atoms with Crippen molar-refractivity contribution in [2.24, 2.45) is 11.8 Å². The number of rotatable bonds is 16. The van der Waals surface area contributed by atoms with Gasteiger partial charge in [-0.2, -0.15) is 0 Å². The number of carbonyl (C=O) groups excluding carboxylic acids is 4. The maximum Gasteiger partial charge on any atom is 0.225 e. The number of aliphatic hydroxyl groups excluding tert-OH is 6. The van der Waals surface area contributed by atoms with Gasteiger partial charge < -0.3 is 70.4 Å². The highest BCUT2D eigenvalue weighted by molar-refractivity contribution is 5.90. The van der Waals surface area contributed by atoms with Gasteiger partial charge in [-0.3, -0.25) is 19.2 Å². The Labute approximate surface area is 279 Å². The average molecular weight is 693 g/mol. The quantitative estimate of drug-likeness (QED) is 0.0693. The molecular formula is C30H52N4O14. The predicted molar refractivity (Wildman–Crippen MR) is 163 cm³/mol. The minimum Gasteiger partial charge on any atom is -0.388 e. The number of hydrogen-bond acceptors (Lipinski definition) is 14. The van der Waals surface area contributed by atoms with Gasteiger partial charge in [-0.25, -0.2) is 0 Å². The Morgan fingerprint density at radius 2 is 1.10 bits per heavy atom. The molecule has 48 heavy (non-hydrogen) atoms. The number of aliphatic hydroxyl groups is 6. The van der Waals surface area contributed by atoms with Gasteiger partial charge in [0.05, 0.1) is 37.3 Å². The third-order valence-electron chi connectivity index (χ3n) is 8.75. The first kappa shape index (κ1) is 39.9. The fourth-order valence-electron chi connectivity index (χ4n) is 5.81. The normalized spacial score (nSPS) is 35.2. The molecule has 0 aromatic rings. The first-order chi connectivity index (χ1) is 22.8. The van der Waals surface area contributed by atoms with Crippen LogP contribution >= 0.6 is 0 Å². The van der Waals surface area contributed by atoms with Crippen molar-refractivity contribution in [1.29, 1.82) is 0 Å². The molecule has 0 spiro atoms. The van der Waals surface area contributed by atoms with Crippen LogP contribution in [-0.2, 0) is 38.1 Å². The summed E-state index contributed by atoms with van der Waals surface area (Å²) >= 11 is 0. The zero-order chi connectivity index (χ0) is 35.5. The molecule has 0 saturated carbocycles. The number of ether oxygens (including phenoxy) is 4. The highest BCUT2D eigenvalue weighted by atomic mass is 16.7. The van der Waals surface area contributed by atoms with E-state index in [1.807, 2.05) is 6.92 Å². The van der Waals surface area contributed by atoms with Crippen LogP contribution in [0, 0.1) is 11.8 Å². The van der Waals surface area contributed by atoms with Crippen molar-refractivity contribution in [2.45, 2.75) is 108 Å². The van der Waals surface area contributed by atoms with Crippen LogP contribution in [0.3, 0.4) is 0 Å². The summed E-state index contributed by atoms with van der Waals surface area (Å²) < 4.78 is 21.7. The van der Waals surface area contributed by atoms with Crippen LogP contribution in [-0.4, -0.2) is 167 Å². The maximum absolute atomic E-state index is 13.3. The van der Waals surface area contributed by atoms with Gasteiger partial charge in [-0.05, 0) is 33.6 Å². The summed E-state index contributed by atoms with van der Waals surface area (Å²) in [5, 5.41) is 67.9. The van der Waals surface area contributed by atoms with Crippen molar-refractivity contribution in [1.82, 2.24) is 20.9 Å². The minimum absolute atomic E-state index is 0.0251. The summed E-state index contributed by atoms with van der Waals surface area (Å²) in [5.74, 6) is -3.23. The van der Waals surface area contributed by atoms with E-state index < -0.39 is 85.1 Å². The Morgan fingerprint density at radius 3 is 1.54 bits per heavy atom. The molecule has 18 heteroatoms. The Hall–Kier alpha value is -2.52. The van der Waals surface area contributed by atoms with E-state index in [0.29, 0.717) is 19.4 Å². The summed E-state index contributed by atoms with van der Waals surface area (Å²) in [6.07, 6.45) is -11.2. The molecule has 0 aromatic heterocycles. The van der Waals surface area contributed by atoms with Crippen molar-refractivity contribution in [3.8, 4) is 0 Å². The van der Waals surface area contributed by atoms with Crippen LogP contribution in [0.4, 0.5) is 0 Å². The van der Waals surface area contributed by atoms with Crippen LogP contribution < -0.4 is 16.0 Å². The third kappa shape index (κ3) is 10.7. The molecule has 0 radical (unpaired) electrons. The van der Waals surface area contributed by atoms with E-state index >= 15 is 0 Å². The largest absolute Gasteiger partial charge is 0.388 e. The van der Waals surface area contributed by atoms with Gasteiger partial charge >= 0.3 is 0 Å². The van der Waals surface area contributed by atoms with Crippen molar-refractivity contribution < 1.29 is 68.8 Å². The summed E-state index contributed by atoms with van der Waals surface area (Å²) in [5.41, 5.74) is 0. The fourth-order valence-corrected chi connectivity index (χ4v) is 5.81. The van der Waals surface area contributed by atoms with Crippen molar-refractivity contribution in [2.75, 3.05) is 45.9 Å². The highest BCUT2D eigenvalue weighted by Crippen LogP contribution is 2.26. The highest BCUT2D eigenvalue weighted by Gasteiger charge is 2.45. The topological polar surface area (TPSA) is 266 Å². The van der Waals surface area contributed by atoms with Crippen LogP contribution in [0.25, 0.3) is 0 Å². The molecule has 18 nitrogen and oxygen atoms in total. The zero-order valence-corrected chi connectivity index (χ0v) is 27.6. The number of nitrogens with zero attached hydrogens (tertiary/aromatic N) is 1. The van der Waals surface area contributed by atoms with Gasteiger partial charge in [-0.1, -0.05) is 0 Å². The molecular weight excluding hydrogens is 640 g/mol. The number of hydrogen-bond donors (Lipinski definition) is 9. The Kier molecular flexibility index (Phi) is 15.8. The van der Waals surface area contributed by atoms with Crippen LogP contribution in [0.15, 0.2) is 0 Å². The summed E-state index contributed by atoms with van der Waals surface area (Å²) in [6, 6.07) is 0. The molecule has 0 aliphatic carbocycles. The Balaban J connectivity index is 1.53. The predicted octanol–water partition coefficient (Wildman–Crippen LogP) is -4.32. The SMILES string of the molecule is CCNC(=O)CCCCC(=O)N1CC(C(=O)NCCO[C@@H]2O[C@@H](C)[C@@H](O)[C@@H](O)[C@@H]2O)[C@@H](C(=O)NCCO[C@@H]2O[C@@H](C)[C@@H](O)[C@@H](O)[C@@H]2O)C1. The van der Waals surface area contributed by atoms with Crippen LogP contribution in [0.1, 0.15) is 46.5 Å². The number of unbranched alkanes of at least 4 members (excludes halogenated alkanes) is 1. The molecule has 12 atom stereocenters. The summed E-state index contributed by atoms with van der Waals surface area (Å²) in [6.45, 7) is 4.95. The molecule has 4 amide bonds. The van der Waals surface area contributed by atoms with E-state index in [0.717, 1.165) is 0 Å². The molecule has 276 valence electrons. The zero-order valence-electron chi connectivity index (χ0n) is 27.6. The molecule has 9 N–H and O–H groups in total. The van der Waals surface area contributed by atoms with Crippen molar-refractivity contribution in [3.63, 3.8) is 0 Å². The lowest BCUT2D eigenvalue weighted by Gasteiger charge is -2.38. The molecule has 3 aliphatic heterocycles. The van der Waals surface area contributed by atoms with E-state index in [2.05, 4.69) is 16.0 Å². The molecule has 3 heterocycles. The monoisotopic (exact) mass is 692 g/mol. The first-order valence-corrected chi connectivity index (χ1v) is 16.5. The number of carbonyl (C=O) groups is 4. The second kappa shape index (κ2) is 19.0. The molecule has 3 fully saturated rings. The third-order valence-corrected chi connectivity index (χ3v) is 8.75. The van der Waals surface area contributed by atoms with E-state index in [9.17, 15) is 49.8 Å². The van der Waals surface area contributed by atoms with E-state index in [-0.39, 0.29) is 64.0 Å². The molecule has 3 aliphatic rings. The summed E-state index contributed by atoms with van der Waals surface area (Å²) in [4.78, 5) is 52.6. The second-order valence-corrected chi connectivity index (χ2v) is 12.4. The first-order valence-electron chi connectivity index (χ1n) is 16.5. The average Bonchev–Trinajstić information content (AvgIpc) is 3.52. The molecule has 0 aromatic carbocycles. The molecule has 1 unspecified atom stereocenters. The smallest absolute Gasteiger partial charge is 0.225 e. The fraction of sp³-hybridized carbons (Fsp3) is 0.867. The van der Waals surface area contributed by atoms with Gasteiger partial charge in [0.15, 0.2) is 12.6 Å². The van der Waals surface area contributed by atoms with Gasteiger partial charge in [0.2, 0.25) is 23.6 Å². The Bertz CT molecular complexity index is 1010. The van der Waals surface area contributed by atoms with Crippen molar-refractivity contribution >= 4 is 23.6 Å². The lowest BCUT2D eigenvalue weighted by molar-refractivity contribution is -0.292. The van der Waals surface area contributed by atoms with E-state index in [1.165, 1.54) is 18.7 Å². The number of likely N-dealkylation sites (tertiary alicyclic amines) is 1.